The lowest BCUT2D eigenvalue weighted by Crippen LogP contribution is -2.21. The second-order valence-corrected chi connectivity index (χ2v) is 7.89. The predicted molar refractivity (Wildman–Crippen MR) is 107 cm³/mol. The molecule has 0 N–H and O–H groups in total. The minimum atomic E-state index is -0.0260. The number of Topliss-reactive ketones (excluding diaryl/α,β-unsaturated/α-hetero) is 1. The van der Waals surface area contributed by atoms with Gasteiger partial charge in [-0.15, -0.1) is 10.2 Å². The number of aromatic nitrogens is 4. The van der Waals surface area contributed by atoms with Crippen molar-refractivity contribution in [1.82, 2.24) is 19.7 Å². The molecule has 0 amide bonds. The molecule has 0 radical (unpaired) electrons. The minimum Gasteiger partial charge on any atom is -0.298 e. The Hall–Kier alpha value is -2.47. The van der Waals surface area contributed by atoms with Crippen LogP contribution >= 0.6 is 11.8 Å². The largest absolute Gasteiger partial charge is 0.298 e. The Bertz CT molecular complexity index is 921. The molecule has 1 atom stereocenters. The first-order valence-electron chi connectivity index (χ1n) is 9.40. The summed E-state index contributed by atoms with van der Waals surface area (Å²) in [6.07, 6.45) is 8.20. The Labute approximate surface area is 163 Å². The maximum Gasteiger partial charge on any atom is 0.196 e. The highest BCUT2D eigenvalue weighted by Crippen LogP contribution is 2.34. The molecule has 1 fully saturated rings. The Balaban J connectivity index is 1.76. The number of hydrogen-bond donors (Lipinski definition) is 0. The second kappa shape index (κ2) is 8.05. The first-order chi connectivity index (χ1) is 13.3. The van der Waals surface area contributed by atoms with Crippen LogP contribution in [0, 0.1) is 0 Å². The van der Waals surface area contributed by atoms with Crippen molar-refractivity contribution in [2.24, 2.45) is 0 Å². The monoisotopic (exact) mass is 378 g/mol. The van der Waals surface area contributed by atoms with Crippen molar-refractivity contribution in [3.05, 3.63) is 54.4 Å². The Morgan fingerprint density at radius 3 is 2.56 bits per heavy atom. The third-order valence-electron chi connectivity index (χ3n) is 4.92. The summed E-state index contributed by atoms with van der Waals surface area (Å²) < 4.78 is 2.06. The van der Waals surface area contributed by atoms with Crippen LogP contribution in [0.2, 0.25) is 0 Å². The average Bonchev–Trinajstić information content (AvgIpc) is 3.14. The van der Waals surface area contributed by atoms with E-state index in [0.717, 1.165) is 47.9 Å². The zero-order valence-corrected chi connectivity index (χ0v) is 16.2. The topological polar surface area (TPSA) is 60.7 Å². The van der Waals surface area contributed by atoms with Crippen molar-refractivity contribution in [1.29, 1.82) is 0 Å². The number of pyridine rings is 1. The molecule has 138 valence electrons. The molecular formula is C21H22N4OS. The molecule has 1 saturated carbocycles. The van der Waals surface area contributed by atoms with Crippen LogP contribution in [0.25, 0.3) is 17.1 Å². The fourth-order valence-corrected chi connectivity index (χ4v) is 4.52. The van der Waals surface area contributed by atoms with Gasteiger partial charge in [0.25, 0.3) is 0 Å². The summed E-state index contributed by atoms with van der Waals surface area (Å²) in [6.45, 7) is 2.14. The van der Waals surface area contributed by atoms with Crippen LogP contribution in [-0.2, 0) is 11.2 Å². The molecule has 5 nitrogen and oxygen atoms in total. The predicted octanol–water partition coefficient (Wildman–Crippen LogP) is 4.50. The van der Waals surface area contributed by atoms with Crippen LogP contribution in [-0.4, -0.2) is 30.8 Å². The summed E-state index contributed by atoms with van der Waals surface area (Å²) in [4.78, 5) is 16.4. The maximum atomic E-state index is 12.3. The number of hydrogen-bond acceptors (Lipinski definition) is 5. The van der Waals surface area contributed by atoms with Crippen LogP contribution in [0.4, 0.5) is 0 Å². The highest BCUT2D eigenvalue weighted by atomic mass is 32.2. The summed E-state index contributed by atoms with van der Waals surface area (Å²) in [6, 6.07) is 12.3. The van der Waals surface area contributed by atoms with Gasteiger partial charge in [-0.1, -0.05) is 37.2 Å². The van der Waals surface area contributed by atoms with Crippen LogP contribution < -0.4 is 0 Å². The number of benzene rings is 1. The number of ketones is 1. The fourth-order valence-electron chi connectivity index (χ4n) is 3.35. The van der Waals surface area contributed by atoms with Gasteiger partial charge in [-0.2, -0.15) is 0 Å². The lowest BCUT2D eigenvalue weighted by molar-refractivity contribution is -0.119. The molecule has 0 spiro atoms. The third kappa shape index (κ3) is 3.81. The van der Waals surface area contributed by atoms with E-state index in [0.29, 0.717) is 12.2 Å². The van der Waals surface area contributed by atoms with E-state index in [1.165, 1.54) is 5.56 Å². The van der Waals surface area contributed by atoms with Gasteiger partial charge in [0.15, 0.2) is 11.0 Å². The summed E-state index contributed by atoms with van der Waals surface area (Å²) in [5.74, 6) is 1.10. The molecule has 27 heavy (non-hydrogen) atoms. The quantitative estimate of drug-likeness (QED) is 0.654. The van der Waals surface area contributed by atoms with Gasteiger partial charge in [-0.3, -0.25) is 14.3 Å². The molecule has 1 aromatic carbocycles. The maximum absolute atomic E-state index is 12.3. The van der Waals surface area contributed by atoms with Gasteiger partial charge in [0, 0.05) is 30.1 Å². The summed E-state index contributed by atoms with van der Waals surface area (Å²) in [5, 5.41) is 9.64. The van der Waals surface area contributed by atoms with Crippen LogP contribution in [0.3, 0.4) is 0 Å². The highest BCUT2D eigenvalue weighted by molar-refractivity contribution is 8.00. The van der Waals surface area contributed by atoms with E-state index in [4.69, 9.17) is 0 Å². The van der Waals surface area contributed by atoms with Gasteiger partial charge in [0.05, 0.1) is 5.25 Å². The van der Waals surface area contributed by atoms with Gasteiger partial charge in [0.1, 0.15) is 5.78 Å². The minimum absolute atomic E-state index is 0.0260. The van der Waals surface area contributed by atoms with Crippen molar-refractivity contribution < 1.29 is 4.79 Å². The lowest BCUT2D eigenvalue weighted by atomic mass is 9.99. The molecule has 6 heteroatoms. The average molecular weight is 379 g/mol. The van der Waals surface area contributed by atoms with Gasteiger partial charge in [-0.25, -0.2) is 0 Å². The molecule has 2 heterocycles. The zero-order valence-electron chi connectivity index (χ0n) is 15.3. The van der Waals surface area contributed by atoms with Crippen molar-refractivity contribution in [3.8, 4) is 17.1 Å². The summed E-state index contributed by atoms with van der Waals surface area (Å²) in [5.41, 5.74) is 3.25. The Morgan fingerprint density at radius 2 is 1.85 bits per heavy atom. The molecule has 4 rings (SSSR count). The summed E-state index contributed by atoms with van der Waals surface area (Å²) in [7, 11) is 0. The molecular weight excluding hydrogens is 356 g/mol. The van der Waals surface area contributed by atoms with E-state index in [-0.39, 0.29) is 5.25 Å². The molecule has 1 aliphatic rings. The van der Waals surface area contributed by atoms with E-state index < -0.39 is 0 Å². The number of carbonyl (C=O) groups excluding carboxylic acids is 1. The molecule has 2 aromatic heterocycles. The van der Waals surface area contributed by atoms with Crippen LogP contribution in [0.1, 0.15) is 38.2 Å². The Kier molecular flexibility index (Phi) is 5.34. The molecule has 1 unspecified atom stereocenters. The van der Waals surface area contributed by atoms with Crippen molar-refractivity contribution in [3.63, 3.8) is 0 Å². The standard InChI is InChI=1S/C21H22N4OS/c1-2-15-7-9-17(10-8-15)25-20(16-11-13-22-14-12-16)23-24-21(25)27-19-6-4-3-5-18(19)26/h7-14,19H,2-6H2,1H3. The van der Waals surface area contributed by atoms with E-state index in [1.807, 2.05) is 12.1 Å². The van der Waals surface area contributed by atoms with E-state index >= 15 is 0 Å². The van der Waals surface area contributed by atoms with E-state index in [1.54, 1.807) is 24.2 Å². The third-order valence-corrected chi connectivity index (χ3v) is 6.18. The van der Waals surface area contributed by atoms with Crippen molar-refractivity contribution in [2.75, 3.05) is 0 Å². The van der Waals surface area contributed by atoms with Crippen LogP contribution in [0.5, 0.6) is 0 Å². The fraction of sp³-hybridized carbons (Fsp3) is 0.333. The highest BCUT2D eigenvalue weighted by Gasteiger charge is 2.26. The smallest absolute Gasteiger partial charge is 0.196 e. The van der Waals surface area contributed by atoms with Gasteiger partial charge in [-0.05, 0) is 49.1 Å². The van der Waals surface area contributed by atoms with Crippen LogP contribution in [0.15, 0.2) is 53.9 Å². The first-order valence-corrected chi connectivity index (χ1v) is 10.3. The number of nitrogens with zero attached hydrogens (tertiary/aromatic N) is 4. The number of thioether (sulfide) groups is 1. The van der Waals surface area contributed by atoms with Gasteiger partial charge in [0.2, 0.25) is 0 Å². The van der Waals surface area contributed by atoms with Gasteiger partial charge < -0.3 is 0 Å². The molecule has 0 saturated heterocycles. The summed E-state index contributed by atoms with van der Waals surface area (Å²) >= 11 is 1.54. The normalized spacial score (nSPS) is 17.2. The number of aryl methyl sites for hydroxylation is 1. The van der Waals surface area contributed by atoms with E-state index in [9.17, 15) is 4.79 Å². The first kappa shape index (κ1) is 17.9. The van der Waals surface area contributed by atoms with E-state index in [2.05, 4.69) is 50.9 Å². The zero-order chi connectivity index (χ0) is 18.6. The lowest BCUT2D eigenvalue weighted by Gasteiger charge is -2.20. The molecule has 3 aromatic rings. The SMILES string of the molecule is CCc1ccc(-n2c(SC3CCCCC3=O)nnc2-c2ccncc2)cc1. The number of carbonyl (C=O) groups is 1. The van der Waals surface area contributed by atoms with Crippen molar-refractivity contribution in [2.45, 2.75) is 49.4 Å². The van der Waals surface area contributed by atoms with Crippen molar-refractivity contribution >= 4 is 17.5 Å². The molecule has 0 aliphatic heterocycles. The Morgan fingerprint density at radius 1 is 1.07 bits per heavy atom. The second-order valence-electron chi connectivity index (χ2n) is 6.72. The number of rotatable bonds is 5. The van der Waals surface area contributed by atoms with Gasteiger partial charge >= 0.3 is 0 Å². The molecule has 1 aliphatic carbocycles. The molecule has 0 bridgehead atoms.